The highest BCUT2D eigenvalue weighted by atomic mass is 32.2. The molecule has 1 heterocycles. The summed E-state index contributed by atoms with van der Waals surface area (Å²) >= 11 is 0. The lowest BCUT2D eigenvalue weighted by Gasteiger charge is -2.30. The molecule has 10 heteroatoms. The minimum absolute atomic E-state index is 0.0370. The summed E-state index contributed by atoms with van der Waals surface area (Å²) in [4.78, 5) is 0. The van der Waals surface area contributed by atoms with Gasteiger partial charge in [0.25, 0.3) is 20.4 Å². The van der Waals surface area contributed by atoms with E-state index < -0.39 is 20.4 Å². The van der Waals surface area contributed by atoms with E-state index in [4.69, 9.17) is 10.3 Å². The van der Waals surface area contributed by atoms with Crippen LogP contribution in [0, 0.1) is 0 Å². The molecule has 0 aromatic rings. The van der Waals surface area contributed by atoms with Crippen molar-refractivity contribution in [2.45, 2.75) is 0 Å². The van der Waals surface area contributed by atoms with Crippen LogP contribution in [0.5, 0.6) is 0 Å². The van der Waals surface area contributed by atoms with E-state index in [1.807, 2.05) is 0 Å². The Balaban J connectivity index is 2.65. The van der Waals surface area contributed by atoms with E-state index in [9.17, 15) is 16.8 Å². The molecule has 1 aliphatic rings. The molecule has 8 nitrogen and oxygen atoms in total. The summed E-state index contributed by atoms with van der Waals surface area (Å²) in [6.45, 7) is 0.148. The summed E-state index contributed by atoms with van der Waals surface area (Å²) in [5, 5.41) is 9.73. The minimum atomic E-state index is -3.72. The molecule has 1 aliphatic heterocycles. The SMILES string of the molecule is NS(=O)(=O)N1CCN(S(N)(=O)=O)CC1. The first kappa shape index (κ1) is 11.8. The Hall–Kier alpha value is -0.260. The van der Waals surface area contributed by atoms with Gasteiger partial charge < -0.3 is 0 Å². The third kappa shape index (κ3) is 2.87. The largest absolute Gasteiger partial charge is 0.276 e. The maximum absolute atomic E-state index is 10.8. The summed E-state index contributed by atoms with van der Waals surface area (Å²) in [6.07, 6.45) is 0. The average Bonchev–Trinajstić information content (AvgIpc) is 2.01. The van der Waals surface area contributed by atoms with E-state index in [0.29, 0.717) is 0 Å². The van der Waals surface area contributed by atoms with Gasteiger partial charge in [0.05, 0.1) is 0 Å². The van der Waals surface area contributed by atoms with Crippen molar-refractivity contribution in [1.82, 2.24) is 8.61 Å². The molecule has 0 unspecified atom stereocenters. The van der Waals surface area contributed by atoms with Crippen molar-refractivity contribution in [1.29, 1.82) is 0 Å². The number of hydrogen-bond donors (Lipinski definition) is 2. The smallest absolute Gasteiger partial charge is 0.216 e. The molecule has 0 aromatic carbocycles. The van der Waals surface area contributed by atoms with Gasteiger partial charge in [-0.05, 0) is 0 Å². The first-order chi connectivity index (χ1) is 6.21. The van der Waals surface area contributed by atoms with Gasteiger partial charge in [-0.25, -0.2) is 10.3 Å². The van der Waals surface area contributed by atoms with Crippen molar-refractivity contribution < 1.29 is 16.8 Å². The van der Waals surface area contributed by atoms with Gasteiger partial charge >= 0.3 is 0 Å². The van der Waals surface area contributed by atoms with Gasteiger partial charge in [-0.3, -0.25) is 0 Å². The molecule has 1 saturated heterocycles. The Morgan fingerprint density at radius 2 is 0.929 bits per heavy atom. The summed E-state index contributed by atoms with van der Waals surface area (Å²) in [5.74, 6) is 0. The Kier molecular flexibility index (Phi) is 3.13. The molecular formula is C4H12N4O4S2. The Labute approximate surface area is 82.8 Å². The third-order valence-electron chi connectivity index (χ3n) is 1.92. The van der Waals surface area contributed by atoms with Crippen molar-refractivity contribution >= 4 is 20.4 Å². The van der Waals surface area contributed by atoms with Gasteiger partial charge in [-0.2, -0.15) is 25.4 Å². The van der Waals surface area contributed by atoms with E-state index in [2.05, 4.69) is 0 Å². The van der Waals surface area contributed by atoms with Crippen LogP contribution in [0.1, 0.15) is 0 Å². The highest BCUT2D eigenvalue weighted by Crippen LogP contribution is 2.05. The quantitative estimate of drug-likeness (QED) is 0.537. The van der Waals surface area contributed by atoms with E-state index in [1.165, 1.54) is 0 Å². The summed E-state index contributed by atoms with van der Waals surface area (Å²) < 4.78 is 45.4. The third-order valence-corrected chi connectivity index (χ3v) is 4.09. The van der Waals surface area contributed by atoms with Crippen LogP contribution in [-0.4, -0.2) is 51.6 Å². The second kappa shape index (κ2) is 3.72. The number of nitrogens with zero attached hydrogens (tertiary/aromatic N) is 2. The first-order valence-electron chi connectivity index (χ1n) is 3.77. The Bertz CT molecular complexity index is 353. The molecule has 0 saturated carbocycles. The van der Waals surface area contributed by atoms with Gasteiger partial charge in [-0.1, -0.05) is 0 Å². The van der Waals surface area contributed by atoms with Gasteiger partial charge in [-0.15, -0.1) is 0 Å². The zero-order chi connectivity index (χ0) is 11.0. The zero-order valence-corrected chi connectivity index (χ0v) is 8.96. The Morgan fingerprint density at radius 1 is 0.714 bits per heavy atom. The van der Waals surface area contributed by atoms with E-state index >= 15 is 0 Å². The highest BCUT2D eigenvalue weighted by Gasteiger charge is 2.28. The summed E-state index contributed by atoms with van der Waals surface area (Å²) in [5.41, 5.74) is 0. The number of nitrogens with two attached hydrogens (primary N) is 2. The van der Waals surface area contributed by atoms with Crippen molar-refractivity contribution in [2.24, 2.45) is 10.3 Å². The first-order valence-corrected chi connectivity index (χ1v) is 6.77. The van der Waals surface area contributed by atoms with Gasteiger partial charge in [0.2, 0.25) is 0 Å². The standard InChI is InChI=1S/C4H12N4O4S2/c5-13(9,10)7-1-2-8(4-3-7)14(6,11)12/h1-4H2,(H2,5,9,10)(H2,6,11,12). The molecule has 0 aliphatic carbocycles. The molecule has 0 radical (unpaired) electrons. The topological polar surface area (TPSA) is 127 Å². The minimum Gasteiger partial charge on any atom is -0.216 e. The lowest BCUT2D eigenvalue weighted by Crippen LogP contribution is -2.53. The predicted octanol–water partition coefficient (Wildman–Crippen LogP) is -2.99. The van der Waals surface area contributed by atoms with E-state index in [-0.39, 0.29) is 26.2 Å². The van der Waals surface area contributed by atoms with E-state index in [0.717, 1.165) is 8.61 Å². The van der Waals surface area contributed by atoms with Crippen LogP contribution in [0.15, 0.2) is 0 Å². The average molecular weight is 244 g/mol. The maximum Gasteiger partial charge on any atom is 0.276 e. The van der Waals surface area contributed by atoms with Crippen molar-refractivity contribution in [3.63, 3.8) is 0 Å². The predicted molar refractivity (Wildman–Crippen MR) is 49.4 cm³/mol. The maximum atomic E-state index is 10.8. The fourth-order valence-corrected chi connectivity index (χ4v) is 2.52. The monoisotopic (exact) mass is 244 g/mol. The molecule has 0 amide bonds. The zero-order valence-electron chi connectivity index (χ0n) is 7.33. The van der Waals surface area contributed by atoms with E-state index in [1.54, 1.807) is 0 Å². The number of piperazine rings is 1. The molecule has 4 N–H and O–H groups in total. The lowest BCUT2D eigenvalue weighted by atomic mass is 10.4. The molecule has 0 atom stereocenters. The molecule has 0 bridgehead atoms. The second-order valence-corrected chi connectivity index (χ2v) is 5.98. The van der Waals surface area contributed by atoms with Crippen LogP contribution in [0.3, 0.4) is 0 Å². The van der Waals surface area contributed by atoms with Crippen LogP contribution in [0.2, 0.25) is 0 Å². The summed E-state index contributed by atoms with van der Waals surface area (Å²) in [7, 11) is -7.45. The molecular weight excluding hydrogens is 232 g/mol. The molecule has 1 rings (SSSR count). The molecule has 1 fully saturated rings. The Morgan fingerprint density at radius 3 is 1.07 bits per heavy atom. The van der Waals surface area contributed by atoms with Crippen LogP contribution in [-0.2, 0) is 20.4 Å². The van der Waals surface area contributed by atoms with Crippen LogP contribution >= 0.6 is 0 Å². The lowest BCUT2D eigenvalue weighted by molar-refractivity contribution is 0.273. The number of rotatable bonds is 2. The van der Waals surface area contributed by atoms with Crippen LogP contribution in [0.25, 0.3) is 0 Å². The fourth-order valence-electron chi connectivity index (χ4n) is 1.18. The molecule has 0 spiro atoms. The van der Waals surface area contributed by atoms with Crippen molar-refractivity contribution in [3.05, 3.63) is 0 Å². The van der Waals surface area contributed by atoms with Gasteiger partial charge in [0.1, 0.15) is 0 Å². The highest BCUT2D eigenvalue weighted by molar-refractivity contribution is 7.87. The molecule has 0 aromatic heterocycles. The van der Waals surface area contributed by atoms with Crippen LogP contribution < -0.4 is 10.3 Å². The van der Waals surface area contributed by atoms with Crippen molar-refractivity contribution in [3.8, 4) is 0 Å². The normalized spacial score (nSPS) is 22.4. The number of hydrogen-bond acceptors (Lipinski definition) is 4. The fraction of sp³-hybridized carbons (Fsp3) is 1.00. The van der Waals surface area contributed by atoms with Gasteiger partial charge in [0, 0.05) is 26.2 Å². The van der Waals surface area contributed by atoms with Crippen LogP contribution in [0.4, 0.5) is 0 Å². The summed E-state index contributed by atoms with van der Waals surface area (Å²) in [6, 6.07) is 0. The van der Waals surface area contributed by atoms with Crippen molar-refractivity contribution in [2.75, 3.05) is 26.2 Å². The molecule has 84 valence electrons. The second-order valence-electron chi connectivity index (χ2n) is 2.89. The molecule has 14 heavy (non-hydrogen) atoms. The van der Waals surface area contributed by atoms with Gasteiger partial charge in [0.15, 0.2) is 0 Å².